The molecule has 0 fully saturated rings. The molecule has 0 saturated carbocycles. The third-order valence-electron chi connectivity index (χ3n) is 3.20. The van der Waals surface area contributed by atoms with Crippen molar-refractivity contribution in [2.75, 3.05) is 5.32 Å². The molecule has 0 aliphatic heterocycles. The Morgan fingerprint density at radius 1 is 1.21 bits per heavy atom. The van der Waals surface area contributed by atoms with E-state index in [0.29, 0.717) is 6.54 Å². The zero-order chi connectivity index (χ0) is 16.9. The van der Waals surface area contributed by atoms with Crippen molar-refractivity contribution in [3.63, 3.8) is 0 Å². The normalized spacial score (nSPS) is 10.4. The third kappa shape index (κ3) is 3.88. The smallest absolute Gasteiger partial charge is 0.287 e. The molecule has 122 valence electrons. The lowest BCUT2D eigenvalue weighted by Crippen LogP contribution is -2.22. The number of carbonyl (C=O) groups excluding carboxylic acids is 2. The number of thiazole rings is 1. The second kappa shape index (κ2) is 7.10. The molecule has 0 radical (unpaired) electrons. The lowest BCUT2D eigenvalue weighted by Gasteiger charge is -2.03. The fraction of sp³-hybridized carbons (Fsp3) is 0.118. The maximum Gasteiger partial charge on any atom is 0.287 e. The number of benzene rings is 1. The van der Waals surface area contributed by atoms with Crippen LogP contribution >= 0.6 is 11.3 Å². The van der Waals surface area contributed by atoms with Crippen molar-refractivity contribution in [2.24, 2.45) is 0 Å². The SMILES string of the molecule is CC(=O)Nc1ccc(-c2csc(CNC(=O)c3ccco3)n2)cc1. The van der Waals surface area contributed by atoms with Gasteiger partial charge >= 0.3 is 0 Å². The second-order valence-corrected chi connectivity index (χ2v) is 5.99. The molecule has 2 N–H and O–H groups in total. The first-order valence-corrected chi connectivity index (χ1v) is 8.14. The van der Waals surface area contributed by atoms with Crippen LogP contribution < -0.4 is 10.6 Å². The van der Waals surface area contributed by atoms with Gasteiger partial charge in [0.1, 0.15) is 5.01 Å². The van der Waals surface area contributed by atoms with Crippen LogP contribution in [0, 0.1) is 0 Å². The number of furan rings is 1. The van der Waals surface area contributed by atoms with Gasteiger partial charge in [-0.05, 0) is 24.3 Å². The number of nitrogens with zero attached hydrogens (tertiary/aromatic N) is 1. The van der Waals surface area contributed by atoms with Gasteiger partial charge in [0.25, 0.3) is 5.91 Å². The number of carbonyl (C=O) groups is 2. The van der Waals surface area contributed by atoms with E-state index in [1.807, 2.05) is 29.6 Å². The van der Waals surface area contributed by atoms with Gasteiger partial charge in [-0.25, -0.2) is 4.98 Å². The van der Waals surface area contributed by atoms with Crippen molar-refractivity contribution in [1.29, 1.82) is 0 Å². The van der Waals surface area contributed by atoms with Crippen molar-refractivity contribution >= 4 is 28.8 Å². The molecule has 2 heterocycles. The predicted octanol–water partition coefficient (Wildman–Crippen LogP) is 3.29. The van der Waals surface area contributed by atoms with Crippen LogP contribution in [0.5, 0.6) is 0 Å². The monoisotopic (exact) mass is 341 g/mol. The van der Waals surface area contributed by atoms with Gasteiger partial charge < -0.3 is 15.1 Å². The molecular weight excluding hydrogens is 326 g/mol. The standard InChI is InChI=1S/C17H15N3O3S/c1-11(21)19-13-6-4-12(5-7-13)14-10-24-16(20-14)9-18-17(22)15-3-2-8-23-15/h2-8,10H,9H2,1H3,(H,18,22)(H,19,21). The molecule has 0 aliphatic rings. The number of hydrogen-bond acceptors (Lipinski definition) is 5. The lowest BCUT2D eigenvalue weighted by atomic mass is 10.1. The molecule has 3 aromatic rings. The van der Waals surface area contributed by atoms with Crippen LogP contribution in [0.3, 0.4) is 0 Å². The largest absolute Gasteiger partial charge is 0.459 e. The molecule has 6 nitrogen and oxygen atoms in total. The summed E-state index contributed by atoms with van der Waals surface area (Å²) in [5.41, 5.74) is 2.52. The van der Waals surface area contributed by atoms with E-state index in [2.05, 4.69) is 15.6 Å². The van der Waals surface area contributed by atoms with Gasteiger partial charge in [0.15, 0.2) is 5.76 Å². The summed E-state index contributed by atoms with van der Waals surface area (Å²) in [6, 6.07) is 10.7. The van der Waals surface area contributed by atoms with Gasteiger partial charge in [0.2, 0.25) is 5.91 Å². The minimum Gasteiger partial charge on any atom is -0.459 e. The number of amides is 2. The molecule has 0 saturated heterocycles. The van der Waals surface area contributed by atoms with Crippen molar-refractivity contribution in [3.05, 3.63) is 58.8 Å². The first-order valence-electron chi connectivity index (χ1n) is 7.26. The molecule has 2 aromatic heterocycles. The fourth-order valence-corrected chi connectivity index (χ4v) is 2.85. The van der Waals surface area contributed by atoms with Crippen molar-refractivity contribution in [1.82, 2.24) is 10.3 Å². The van der Waals surface area contributed by atoms with Gasteiger partial charge in [-0.3, -0.25) is 9.59 Å². The molecular formula is C17H15N3O3S. The number of rotatable bonds is 5. The highest BCUT2D eigenvalue weighted by atomic mass is 32.1. The van der Waals surface area contributed by atoms with E-state index in [1.165, 1.54) is 24.5 Å². The summed E-state index contributed by atoms with van der Waals surface area (Å²) >= 11 is 1.47. The number of hydrogen-bond donors (Lipinski definition) is 2. The average Bonchev–Trinajstić information content (AvgIpc) is 3.25. The Bertz CT molecular complexity index is 838. The van der Waals surface area contributed by atoms with E-state index < -0.39 is 0 Å². The maximum absolute atomic E-state index is 11.8. The molecule has 0 bridgehead atoms. The molecule has 0 spiro atoms. The Morgan fingerprint density at radius 3 is 2.67 bits per heavy atom. The van der Waals surface area contributed by atoms with E-state index in [0.717, 1.165) is 22.0 Å². The van der Waals surface area contributed by atoms with Crippen molar-refractivity contribution < 1.29 is 14.0 Å². The number of anilines is 1. The maximum atomic E-state index is 11.8. The van der Waals surface area contributed by atoms with Gasteiger partial charge in [-0.1, -0.05) is 12.1 Å². The molecule has 0 unspecified atom stereocenters. The molecule has 2 amide bonds. The predicted molar refractivity (Wildman–Crippen MR) is 91.7 cm³/mol. The van der Waals surface area contributed by atoms with Crippen LogP contribution in [0.25, 0.3) is 11.3 Å². The van der Waals surface area contributed by atoms with Crippen LogP contribution in [0.15, 0.2) is 52.5 Å². The zero-order valence-electron chi connectivity index (χ0n) is 12.9. The number of aromatic nitrogens is 1. The Balaban J connectivity index is 1.62. The molecule has 24 heavy (non-hydrogen) atoms. The summed E-state index contributed by atoms with van der Waals surface area (Å²) in [6.45, 7) is 1.81. The molecule has 1 aromatic carbocycles. The van der Waals surface area contributed by atoms with Gasteiger partial charge in [0, 0.05) is 23.6 Å². The quantitative estimate of drug-likeness (QED) is 0.746. The molecule has 0 aliphatic carbocycles. The first-order chi connectivity index (χ1) is 11.6. The highest BCUT2D eigenvalue weighted by molar-refractivity contribution is 7.09. The Hall–Kier alpha value is -2.93. The minimum atomic E-state index is -0.267. The van der Waals surface area contributed by atoms with E-state index in [9.17, 15) is 9.59 Å². The van der Waals surface area contributed by atoms with E-state index in [1.54, 1.807) is 12.1 Å². The lowest BCUT2D eigenvalue weighted by molar-refractivity contribution is -0.114. The third-order valence-corrected chi connectivity index (χ3v) is 4.05. The summed E-state index contributed by atoms with van der Waals surface area (Å²) in [5.74, 6) is -0.0947. The minimum absolute atomic E-state index is 0.106. The summed E-state index contributed by atoms with van der Waals surface area (Å²) in [7, 11) is 0. The summed E-state index contributed by atoms with van der Waals surface area (Å²) in [4.78, 5) is 27.3. The van der Waals surface area contributed by atoms with Gasteiger partial charge in [-0.2, -0.15) is 0 Å². The van der Waals surface area contributed by atoms with E-state index in [-0.39, 0.29) is 17.6 Å². The van der Waals surface area contributed by atoms with Crippen LogP contribution in [-0.4, -0.2) is 16.8 Å². The van der Waals surface area contributed by atoms with E-state index >= 15 is 0 Å². The van der Waals surface area contributed by atoms with Crippen LogP contribution in [0.2, 0.25) is 0 Å². The van der Waals surface area contributed by atoms with Crippen LogP contribution in [0.4, 0.5) is 5.69 Å². The summed E-state index contributed by atoms with van der Waals surface area (Å²) in [5, 5.41) is 8.22. The summed E-state index contributed by atoms with van der Waals surface area (Å²) < 4.78 is 5.04. The van der Waals surface area contributed by atoms with Crippen molar-refractivity contribution in [2.45, 2.75) is 13.5 Å². The highest BCUT2D eigenvalue weighted by Gasteiger charge is 2.10. The molecule has 7 heteroatoms. The fourth-order valence-electron chi connectivity index (χ4n) is 2.10. The molecule has 3 rings (SSSR count). The van der Waals surface area contributed by atoms with Crippen LogP contribution in [0.1, 0.15) is 22.5 Å². The van der Waals surface area contributed by atoms with Crippen LogP contribution in [-0.2, 0) is 11.3 Å². The Labute approximate surface area is 142 Å². The van der Waals surface area contributed by atoms with Crippen molar-refractivity contribution in [3.8, 4) is 11.3 Å². The number of nitrogens with one attached hydrogen (secondary N) is 2. The Kier molecular flexibility index (Phi) is 4.72. The highest BCUT2D eigenvalue weighted by Crippen LogP contribution is 2.23. The van der Waals surface area contributed by atoms with E-state index in [4.69, 9.17) is 4.42 Å². The average molecular weight is 341 g/mol. The Morgan fingerprint density at radius 2 is 2.00 bits per heavy atom. The zero-order valence-corrected chi connectivity index (χ0v) is 13.7. The second-order valence-electron chi connectivity index (χ2n) is 5.05. The van der Waals surface area contributed by atoms with Gasteiger partial charge in [-0.15, -0.1) is 11.3 Å². The van der Waals surface area contributed by atoms with Gasteiger partial charge in [0.05, 0.1) is 18.5 Å². The molecule has 0 atom stereocenters. The first kappa shape index (κ1) is 15.9. The topological polar surface area (TPSA) is 84.2 Å². The summed E-state index contributed by atoms with van der Waals surface area (Å²) in [6.07, 6.45) is 1.46.